The highest BCUT2D eigenvalue weighted by atomic mass is 79.9. The van der Waals surface area contributed by atoms with Crippen LogP contribution in [0.1, 0.15) is 18.6 Å². The number of halogens is 1. The SMILES string of the molecule is CCn1ncc(NCc2noc(C)n2)c(Br)c1=O. The van der Waals surface area contributed by atoms with E-state index in [2.05, 4.69) is 36.5 Å². The highest BCUT2D eigenvalue weighted by molar-refractivity contribution is 9.10. The number of aryl methyl sites for hydroxylation is 2. The molecule has 0 unspecified atom stereocenters. The van der Waals surface area contributed by atoms with E-state index in [0.717, 1.165) is 0 Å². The molecule has 0 spiro atoms. The lowest BCUT2D eigenvalue weighted by Gasteiger charge is -2.07. The van der Waals surface area contributed by atoms with Crippen molar-refractivity contribution in [1.29, 1.82) is 0 Å². The molecule has 2 aromatic heterocycles. The topological polar surface area (TPSA) is 85.8 Å². The Kier molecular flexibility index (Phi) is 3.75. The summed E-state index contributed by atoms with van der Waals surface area (Å²) in [5.41, 5.74) is 0.430. The third kappa shape index (κ3) is 2.58. The maximum atomic E-state index is 11.8. The van der Waals surface area contributed by atoms with E-state index in [4.69, 9.17) is 4.52 Å². The van der Waals surface area contributed by atoms with Gasteiger partial charge in [0.1, 0.15) is 4.47 Å². The Morgan fingerprint density at radius 2 is 2.33 bits per heavy atom. The van der Waals surface area contributed by atoms with Crippen LogP contribution >= 0.6 is 15.9 Å². The van der Waals surface area contributed by atoms with Gasteiger partial charge in [-0.2, -0.15) is 10.1 Å². The van der Waals surface area contributed by atoms with Gasteiger partial charge in [-0.15, -0.1) is 0 Å². The van der Waals surface area contributed by atoms with Crippen molar-refractivity contribution in [2.24, 2.45) is 0 Å². The Balaban J connectivity index is 2.15. The second-order valence-electron chi connectivity index (χ2n) is 3.58. The Labute approximate surface area is 111 Å². The summed E-state index contributed by atoms with van der Waals surface area (Å²) in [6.07, 6.45) is 1.59. The first-order chi connectivity index (χ1) is 8.61. The van der Waals surface area contributed by atoms with E-state index >= 15 is 0 Å². The zero-order chi connectivity index (χ0) is 13.1. The zero-order valence-electron chi connectivity index (χ0n) is 9.97. The lowest BCUT2D eigenvalue weighted by Crippen LogP contribution is -2.23. The zero-order valence-corrected chi connectivity index (χ0v) is 11.6. The van der Waals surface area contributed by atoms with Crippen molar-refractivity contribution < 1.29 is 4.52 Å². The quantitative estimate of drug-likeness (QED) is 0.916. The third-order valence-electron chi connectivity index (χ3n) is 2.29. The van der Waals surface area contributed by atoms with Crippen LogP contribution in [0.3, 0.4) is 0 Å². The largest absolute Gasteiger partial charge is 0.375 e. The number of nitrogens with zero attached hydrogens (tertiary/aromatic N) is 4. The van der Waals surface area contributed by atoms with Gasteiger partial charge in [0.2, 0.25) is 5.89 Å². The minimum absolute atomic E-state index is 0.174. The molecule has 0 aliphatic carbocycles. The fourth-order valence-corrected chi connectivity index (χ4v) is 1.85. The van der Waals surface area contributed by atoms with Gasteiger partial charge in [-0.25, -0.2) is 4.68 Å². The maximum Gasteiger partial charge on any atom is 0.283 e. The molecule has 2 heterocycles. The molecule has 18 heavy (non-hydrogen) atoms. The van der Waals surface area contributed by atoms with Crippen molar-refractivity contribution in [3.05, 3.63) is 32.7 Å². The number of hydrogen-bond acceptors (Lipinski definition) is 6. The second-order valence-corrected chi connectivity index (χ2v) is 4.37. The summed E-state index contributed by atoms with van der Waals surface area (Å²) in [7, 11) is 0. The van der Waals surface area contributed by atoms with Crippen LogP contribution in [0.15, 0.2) is 20.0 Å². The number of anilines is 1. The van der Waals surface area contributed by atoms with Crippen molar-refractivity contribution in [3.63, 3.8) is 0 Å². The summed E-state index contributed by atoms with van der Waals surface area (Å²) in [5, 5.41) is 10.8. The van der Waals surface area contributed by atoms with Gasteiger partial charge in [-0.05, 0) is 22.9 Å². The van der Waals surface area contributed by atoms with E-state index in [1.807, 2.05) is 6.92 Å². The highest BCUT2D eigenvalue weighted by Gasteiger charge is 2.09. The summed E-state index contributed by atoms with van der Waals surface area (Å²) < 4.78 is 6.66. The maximum absolute atomic E-state index is 11.8. The first kappa shape index (κ1) is 12.7. The summed E-state index contributed by atoms with van der Waals surface area (Å²) in [6.45, 7) is 4.47. The van der Waals surface area contributed by atoms with E-state index in [0.29, 0.717) is 35.0 Å². The average Bonchev–Trinajstić information content (AvgIpc) is 2.77. The monoisotopic (exact) mass is 313 g/mol. The fourth-order valence-electron chi connectivity index (χ4n) is 1.40. The molecular formula is C10H12BrN5O2. The molecule has 96 valence electrons. The fraction of sp³-hybridized carbons (Fsp3) is 0.400. The number of hydrogen-bond donors (Lipinski definition) is 1. The molecule has 0 saturated heterocycles. The van der Waals surface area contributed by atoms with E-state index in [1.54, 1.807) is 13.1 Å². The molecule has 0 saturated carbocycles. The predicted molar refractivity (Wildman–Crippen MR) is 68.2 cm³/mol. The van der Waals surface area contributed by atoms with Crippen molar-refractivity contribution >= 4 is 21.6 Å². The summed E-state index contributed by atoms with van der Waals surface area (Å²) in [5.74, 6) is 1.03. The number of aromatic nitrogens is 4. The minimum Gasteiger partial charge on any atom is -0.375 e. The van der Waals surface area contributed by atoms with Gasteiger partial charge in [0.05, 0.1) is 18.4 Å². The van der Waals surface area contributed by atoms with Crippen molar-refractivity contribution in [1.82, 2.24) is 19.9 Å². The molecular weight excluding hydrogens is 302 g/mol. The second kappa shape index (κ2) is 5.30. The molecule has 7 nitrogen and oxygen atoms in total. The molecule has 0 radical (unpaired) electrons. The lowest BCUT2D eigenvalue weighted by molar-refractivity contribution is 0.388. The summed E-state index contributed by atoms with van der Waals surface area (Å²) >= 11 is 3.25. The Morgan fingerprint density at radius 3 is 2.94 bits per heavy atom. The Bertz CT molecular complexity index is 607. The first-order valence-corrected chi connectivity index (χ1v) is 6.19. The molecule has 0 bridgehead atoms. The van der Waals surface area contributed by atoms with Crippen LogP contribution in [0.4, 0.5) is 5.69 Å². The van der Waals surface area contributed by atoms with E-state index in [-0.39, 0.29) is 5.56 Å². The van der Waals surface area contributed by atoms with Crippen LogP contribution in [0.2, 0.25) is 0 Å². The van der Waals surface area contributed by atoms with Crippen molar-refractivity contribution in [2.75, 3.05) is 5.32 Å². The summed E-state index contributed by atoms with van der Waals surface area (Å²) in [4.78, 5) is 15.9. The van der Waals surface area contributed by atoms with Crippen LogP contribution in [0.25, 0.3) is 0 Å². The average molecular weight is 314 g/mol. The van der Waals surface area contributed by atoms with Gasteiger partial charge in [0.25, 0.3) is 5.56 Å². The Morgan fingerprint density at radius 1 is 1.56 bits per heavy atom. The van der Waals surface area contributed by atoms with Crippen molar-refractivity contribution in [2.45, 2.75) is 26.9 Å². The molecule has 0 amide bonds. The van der Waals surface area contributed by atoms with Crippen LogP contribution in [-0.4, -0.2) is 19.9 Å². The molecule has 8 heteroatoms. The summed E-state index contributed by atoms with van der Waals surface area (Å²) in [6, 6.07) is 0. The number of nitrogens with one attached hydrogen (secondary N) is 1. The van der Waals surface area contributed by atoms with Gasteiger partial charge >= 0.3 is 0 Å². The molecule has 0 atom stereocenters. The minimum atomic E-state index is -0.174. The van der Waals surface area contributed by atoms with Gasteiger partial charge in [-0.1, -0.05) is 5.16 Å². The predicted octanol–water partition coefficient (Wildman–Crippen LogP) is 1.33. The first-order valence-electron chi connectivity index (χ1n) is 5.40. The van der Waals surface area contributed by atoms with Gasteiger partial charge in [-0.3, -0.25) is 4.79 Å². The lowest BCUT2D eigenvalue weighted by atomic mass is 10.4. The molecule has 2 aromatic rings. The van der Waals surface area contributed by atoms with Crippen LogP contribution in [0.5, 0.6) is 0 Å². The molecule has 2 rings (SSSR count). The standard InChI is InChI=1S/C10H12BrN5O2/c1-3-16-10(17)9(11)7(4-13-16)12-5-8-14-6(2)18-15-8/h4,12H,3,5H2,1-2H3. The van der Waals surface area contributed by atoms with Crippen LogP contribution in [0, 0.1) is 6.92 Å². The number of rotatable bonds is 4. The smallest absolute Gasteiger partial charge is 0.283 e. The van der Waals surface area contributed by atoms with Gasteiger partial charge in [0.15, 0.2) is 5.82 Å². The highest BCUT2D eigenvalue weighted by Crippen LogP contribution is 2.16. The molecule has 0 aliphatic heterocycles. The van der Waals surface area contributed by atoms with E-state index < -0.39 is 0 Å². The van der Waals surface area contributed by atoms with Crippen molar-refractivity contribution in [3.8, 4) is 0 Å². The normalized spacial score (nSPS) is 10.6. The molecule has 1 N–H and O–H groups in total. The van der Waals surface area contributed by atoms with E-state index in [1.165, 1.54) is 4.68 Å². The Hall–Kier alpha value is -1.70. The van der Waals surface area contributed by atoms with Crippen LogP contribution < -0.4 is 10.9 Å². The third-order valence-corrected chi connectivity index (χ3v) is 3.06. The molecule has 0 fully saturated rings. The van der Waals surface area contributed by atoms with Crippen LogP contribution in [-0.2, 0) is 13.1 Å². The molecule has 0 aliphatic rings. The van der Waals surface area contributed by atoms with E-state index in [9.17, 15) is 4.79 Å². The van der Waals surface area contributed by atoms with Gasteiger partial charge in [0, 0.05) is 13.5 Å². The van der Waals surface area contributed by atoms with Gasteiger partial charge < -0.3 is 9.84 Å². The molecule has 0 aromatic carbocycles.